The number of nitrogens with zero attached hydrogens (tertiary/aromatic N) is 12. The van der Waals surface area contributed by atoms with Crippen LogP contribution in [0.15, 0.2) is 231 Å². The van der Waals surface area contributed by atoms with Crippen molar-refractivity contribution in [3.8, 4) is 91.4 Å². The van der Waals surface area contributed by atoms with Gasteiger partial charge in [-0.2, -0.15) is 0 Å². The van der Waals surface area contributed by atoms with Crippen LogP contribution in [0.25, 0.3) is 135 Å². The summed E-state index contributed by atoms with van der Waals surface area (Å²) in [5, 5.41) is 4.36. The molecule has 0 unspecified atom stereocenters. The highest BCUT2D eigenvalue weighted by molar-refractivity contribution is 6.12. The lowest BCUT2D eigenvalue weighted by atomic mass is 10.0. The van der Waals surface area contributed by atoms with Crippen molar-refractivity contribution < 1.29 is 0 Å². The van der Waals surface area contributed by atoms with Crippen LogP contribution in [-0.2, 0) is 0 Å². The number of fused-ring (bicyclic) bond motifs is 6. The van der Waals surface area contributed by atoms with Gasteiger partial charge in [-0.1, -0.05) is 170 Å². The van der Waals surface area contributed by atoms with Crippen LogP contribution >= 0.6 is 0 Å². The van der Waals surface area contributed by atoms with Crippen LogP contribution < -0.4 is 0 Å². The van der Waals surface area contributed by atoms with Crippen LogP contribution in [0, 0.1) is 0 Å². The lowest BCUT2D eigenvalue weighted by Gasteiger charge is -2.10. The Bertz CT molecular complexity index is 3990. The summed E-state index contributed by atoms with van der Waals surface area (Å²) < 4.78 is 4.23. The first-order chi connectivity index (χ1) is 36.7. The van der Waals surface area contributed by atoms with Gasteiger partial charge in [0.15, 0.2) is 34.9 Å². The summed E-state index contributed by atoms with van der Waals surface area (Å²) >= 11 is 0. The number of para-hydroxylation sites is 2. The lowest BCUT2D eigenvalue weighted by Crippen LogP contribution is -2.03. The zero-order valence-electron chi connectivity index (χ0n) is 39.3. The molecule has 0 atom stereocenters. The van der Waals surface area contributed by atoms with Crippen LogP contribution in [0.2, 0.25) is 0 Å². The fourth-order valence-electron chi connectivity index (χ4n) is 9.72. The average Bonchev–Trinajstić information content (AvgIpc) is 4.02. The molecule has 6 aromatic heterocycles. The van der Waals surface area contributed by atoms with Crippen LogP contribution in [0.1, 0.15) is 0 Å². The first-order valence-corrected chi connectivity index (χ1v) is 24.1. The zero-order valence-corrected chi connectivity index (χ0v) is 39.3. The fraction of sp³-hybridized carbons (Fsp3) is 0. The molecule has 0 spiro atoms. The zero-order chi connectivity index (χ0) is 49.0. The summed E-state index contributed by atoms with van der Waals surface area (Å²) in [6.45, 7) is 0. The summed E-state index contributed by atoms with van der Waals surface area (Å²) in [7, 11) is 0. The molecule has 0 aliphatic rings. The van der Waals surface area contributed by atoms with Gasteiger partial charge in [-0.15, -0.1) is 0 Å². The second-order valence-corrected chi connectivity index (χ2v) is 17.8. The molecule has 12 heteroatoms. The SMILES string of the molecule is c1ccc(-c2nc(-c3ccccc3)nc(-c3cnc(-n4c5ccccc5c5cc(-c6ccc7c(c6)c6ccccc6n7-c6ncc(-c7nc(-c8ccccc8)nc(-c8ccccc8)n7)cn6)ccc54)nc3)n2)cc1. The van der Waals surface area contributed by atoms with Gasteiger partial charge in [-0.25, -0.2) is 49.8 Å². The van der Waals surface area contributed by atoms with Gasteiger partial charge >= 0.3 is 0 Å². The Balaban J connectivity index is 0.814. The highest BCUT2D eigenvalue weighted by atomic mass is 15.2. The topological polar surface area (TPSA) is 139 Å². The van der Waals surface area contributed by atoms with E-state index in [0.29, 0.717) is 58.0 Å². The minimum Gasteiger partial charge on any atom is -0.278 e. The molecule has 0 aliphatic heterocycles. The molecule has 0 saturated heterocycles. The van der Waals surface area contributed by atoms with Gasteiger partial charge in [0.25, 0.3) is 0 Å². The maximum atomic E-state index is 4.95. The van der Waals surface area contributed by atoms with Gasteiger partial charge in [0.05, 0.1) is 33.2 Å². The molecule has 346 valence electrons. The number of rotatable bonds is 9. The third-order valence-electron chi connectivity index (χ3n) is 13.3. The molecule has 6 heterocycles. The molecular weight excluding hydrogens is 913 g/mol. The highest BCUT2D eigenvalue weighted by Crippen LogP contribution is 2.38. The largest absolute Gasteiger partial charge is 0.278 e. The minimum atomic E-state index is 0.494. The van der Waals surface area contributed by atoms with E-state index in [1.165, 1.54) is 0 Å². The Morgan fingerprint density at radius 2 is 0.486 bits per heavy atom. The van der Waals surface area contributed by atoms with Gasteiger partial charge in [0, 0.05) is 68.6 Å². The minimum absolute atomic E-state index is 0.494. The summed E-state index contributed by atoms with van der Waals surface area (Å²) in [4.78, 5) is 49.1. The lowest BCUT2D eigenvalue weighted by molar-refractivity contribution is 0.981. The molecular formula is C62H38N12. The molecule has 0 aliphatic carbocycles. The molecule has 0 bridgehead atoms. The van der Waals surface area contributed by atoms with E-state index in [9.17, 15) is 0 Å². The number of hydrogen-bond acceptors (Lipinski definition) is 10. The molecule has 0 N–H and O–H groups in total. The molecule has 14 aromatic rings. The second kappa shape index (κ2) is 17.7. The van der Waals surface area contributed by atoms with E-state index < -0.39 is 0 Å². The third kappa shape index (κ3) is 7.49. The van der Waals surface area contributed by atoms with Crippen molar-refractivity contribution >= 4 is 43.6 Å². The molecule has 0 amide bonds. The van der Waals surface area contributed by atoms with Gasteiger partial charge in [0.1, 0.15) is 0 Å². The molecule has 0 saturated carbocycles. The Morgan fingerprint density at radius 3 is 0.811 bits per heavy atom. The maximum Gasteiger partial charge on any atom is 0.234 e. The van der Waals surface area contributed by atoms with E-state index in [2.05, 4.69) is 81.9 Å². The quantitative estimate of drug-likeness (QED) is 0.137. The molecule has 0 radical (unpaired) electrons. The summed E-state index contributed by atoms with van der Waals surface area (Å²) in [5.74, 6) is 4.39. The third-order valence-corrected chi connectivity index (χ3v) is 13.3. The van der Waals surface area contributed by atoms with Crippen molar-refractivity contribution in [3.05, 3.63) is 231 Å². The fourth-order valence-corrected chi connectivity index (χ4v) is 9.72. The van der Waals surface area contributed by atoms with E-state index in [1.54, 1.807) is 24.8 Å². The summed E-state index contributed by atoms with van der Waals surface area (Å²) in [6.07, 6.45) is 7.17. The standard InChI is InChI=1S/C62H38N12/c1-5-17-39(18-6-1)55-67-56(40-19-7-2-8-20-40)70-59(69-55)45-35-63-61(64-36-45)73-51-27-15-13-25-47(51)49-33-43(29-31-53(49)73)44-30-32-54-50(34-44)48-26-14-16-28-52(48)74(54)62-65-37-46(38-66-62)60-71-57(41-21-9-3-10-22-41)68-58(72-60)42-23-11-4-12-24-42/h1-38H. The second-order valence-electron chi connectivity index (χ2n) is 17.8. The summed E-state index contributed by atoms with van der Waals surface area (Å²) in [5.41, 5.74) is 11.1. The van der Waals surface area contributed by atoms with Crippen molar-refractivity contribution in [1.29, 1.82) is 0 Å². The van der Waals surface area contributed by atoms with Gasteiger partial charge < -0.3 is 0 Å². The normalized spacial score (nSPS) is 11.5. The first-order valence-electron chi connectivity index (χ1n) is 24.1. The van der Waals surface area contributed by atoms with Crippen molar-refractivity contribution in [2.45, 2.75) is 0 Å². The van der Waals surface area contributed by atoms with Crippen molar-refractivity contribution in [3.63, 3.8) is 0 Å². The maximum absolute atomic E-state index is 4.95. The van der Waals surface area contributed by atoms with Gasteiger partial charge in [0.2, 0.25) is 11.9 Å². The molecule has 8 aromatic carbocycles. The van der Waals surface area contributed by atoms with Gasteiger partial charge in [-0.05, 0) is 47.5 Å². The highest BCUT2D eigenvalue weighted by Gasteiger charge is 2.20. The average molecular weight is 951 g/mol. The first kappa shape index (κ1) is 42.4. The Labute approximate surface area is 423 Å². The van der Waals surface area contributed by atoms with Gasteiger partial charge in [-0.3, -0.25) is 9.13 Å². The van der Waals surface area contributed by atoms with Crippen LogP contribution in [0.3, 0.4) is 0 Å². The number of aromatic nitrogens is 12. The number of benzene rings is 8. The molecule has 0 fully saturated rings. The molecule has 74 heavy (non-hydrogen) atoms. The van der Waals surface area contributed by atoms with E-state index in [0.717, 1.165) is 77.0 Å². The predicted molar refractivity (Wildman–Crippen MR) is 291 cm³/mol. The van der Waals surface area contributed by atoms with E-state index in [-0.39, 0.29) is 0 Å². The Morgan fingerprint density at radius 1 is 0.216 bits per heavy atom. The van der Waals surface area contributed by atoms with Crippen LogP contribution in [-0.4, -0.2) is 59.0 Å². The van der Waals surface area contributed by atoms with Crippen LogP contribution in [0.5, 0.6) is 0 Å². The number of hydrogen-bond donors (Lipinski definition) is 0. The smallest absolute Gasteiger partial charge is 0.234 e. The Kier molecular flexibility index (Phi) is 10.2. The van der Waals surface area contributed by atoms with E-state index in [1.807, 2.05) is 133 Å². The van der Waals surface area contributed by atoms with Crippen LogP contribution in [0.4, 0.5) is 0 Å². The van der Waals surface area contributed by atoms with Crippen molar-refractivity contribution in [2.24, 2.45) is 0 Å². The van der Waals surface area contributed by atoms with E-state index >= 15 is 0 Å². The Hall–Kier alpha value is -10.5. The van der Waals surface area contributed by atoms with Crippen molar-refractivity contribution in [2.75, 3.05) is 0 Å². The van der Waals surface area contributed by atoms with E-state index in [4.69, 9.17) is 49.8 Å². The monoisotopic (exact) mass is 950 g/mol. The predicted octanol–water partition coefficient (Wildman–Crippen LogP) is 13.5. The summed E-state index contributed by atoms with van der Waals surface area (Å²) in [6, 6.07) is 69.7. The van der Waals surface area contributed by atoms with Crippen molar-refractivity contribution in [1.82, 2.24) is 59.0 Å². The molecule has 12 nitrogen and oxygen atoms in total. The molecule has 14 rings (SSSR count).